The second-order valence-corrected chi connectivity index (χ2v) is 6.72. The van der Waals surface area contributed by atoms with Gasteiger partial charge >= 0.3 is 0 Å². The molecule has 116 valence electrons. The van der Waals surface area contributed by atoms with E-state index < -0.39 is 0 Å². The zero-order valence-electron chi connectivity index (χ0n) is 13.4. The highest BCUT2D eigenvalue weighted by Crippen LogP contribution is 2.24. The summed E-state index contributed by atoms with van der Waals surface area (Å²) in [6.07, 6.45) is 0.919. The summed E-state index contributed by atoms with van der Waals surface area (Å²) < 4.78 is 0. The van der Waals surface area contributed by atoms with E-state index in [-0.39, 0.29) is 11.2 Å². The van der Waals surface area contributed by atoms with Crippen molar-refractivity contribution in [1.29, 1.82) is 0 Å². The summed E-state index contributed by atoms with van der Waals surface area (Å²) in [4.78, 5) is 12.4. The van der Waals surface area contributed by atoms with Crippen molar-refractivity contribution in [2.45, 2.75) is 38.2 Å². The SMILES string of the molecule is CCc1cccc(C)c1NC(=O)C(C)SCc1ccccc1. The fourth-order valence-electron chi connectivity index (χ4n) is 2.30. The molecule has 0 bridgehead atoms. The highest BCUT2D eigenvalue weighted by atomic mass is 32.2. The molecule has 1 unspecified atom stereocenters. The van der Waals surface area contributed by atoms with Gasteiger partial charge in [0.25, 0.3) is 0 Å². The van der Waals surface area contributed by atoms with E-state index in [4.69, 9.17) is 0 Å². The van der Waals surface area contributed by atoms with Crippen LogP contribution >= 0.6 is 11.8 Å². The number of rotatable bonds is 6. The van der Waals surface area contributed by atoms with Crippen molar-refractivity contribution in [2.24, 2.45) is 0 Å². The average Bonchev–Trinajstić information content (AvgIpc) is 2.55. The first-order valence-corrected chi connectivity index (χ1v) is 8.71. The topological polar surface area (TPSA) is 29.1 Å². The Kier molecular flexibility index (Phi) is 6.08. The number of amides is 1. The molecular weight excluding hydrogens is 290 g/mol. The molecule has 0 aliphatic heterocycles. The number of anilines is 1. The smallest absolute Gasteiger partial charge is 0.237 e. The highest BCUT2D eigenvalue weighted by Gasteiger charge is 2.15. The molecule has 1 N–H and O–H groups in total. The molecule has 2 nitrogen and oxygen atoms in total. The van der Waals surface area contributed by atoms with Gasteiger partial charge in [-0.15, -0.1) is 11.8 Å². The summed E-state index contributed by atoms with van der Waals surface area (Å²) in [6.45, 7) is 6.11. The molecule has 0 heterocycles. The molecule has 0 saturated carbocycles. The molecule has 0 radical (unpaired) electrons. The Morgan fingerprint density at radius 2 is 1.86 bits per heavy atom. The third-order valence-electron chi connectivity index (χ3n) is 3.70. The first kappa shape index (κ1) is 16.6. The zero-order valence-corrected chi connectivity index (χ0v) is 14.2. The van der Waals surface area contributed by atoms with E-state index in [1.807, 2.05) is 44.2 Å². The lowest BCUT2D eigenvalue weighted by atomic mass is 10.1. The molecule has 22 heavy (non-hydrogen) atoms. The van der Waals surface area contributed by atoms with E-state index in [0.29, 0.717) is 0 Å². The lowest BCUT2D eigenvalue weighted by Gasteiger charge is -2.16. The molecule has 0 aromatic heterocycles. The van der Waals surface area contributed by atoms with Gasteiger partial charge in [0.05, 0.1) is 5.25 Å². The third-order valence-corrected chi connectivity index (χ3v) is 4.91. The van der Waals surface area contributed by atoms with E-state index >= 15 is 0 Å². The van der Waals surface area contributed by atoms with Gasteiger partial charge in [-0.05, 0) is 37.0 Å². The molecule has 0 aliphatic rings. The summed E-state index contributed by atoms with van der Waals surface area (Å²) in [5, 5.41) is 3.03. The van der Waals surface area contributed by atoms with Crippen molar-refractivity contribution in [1.82, 2.24) is 0 Å². The van der Waals surface area contributed by atoms with Gasteiger partial charge in [-0.2, -0.15) is 0 Å². The molecule has 0 fully saturated rings. The van der Waals surface area contributed by atoms with Gasteiger partial charge in [0.15, 0.2) is 0 Å². The number of carbonyl (C=O) groups is 1. The predicted octanol–water partition coefficient (Wildman–Crippen LogP) is 4.82. The number of para-hydroxylation sites is 1. The van der Waals surface area contributed by atoms with Crippen LogP contribution in [0.1, 0.15) is 30.5 Å². The van der Waals surface area contributed by atoms with Gasteiger partial charge < -0.3 is 5.32 Å². The fraction of sp³-hybridized carbons (Fsp3) is 0.316. The Labute approximate surface area is 137 Å². The summed E-state index contributed by atoms with van der Waals surface area (Å²) in [6, 6.07) is 16.4. The Hall–Kier alpha value is -1.74. The van der Waals surface area contributed by atoms with Crippen molar-refractivity contribution >= 4 is 23.4 Å². The monoisotopic (exact) mass is 313 g/mol. The Bertz CT molecular complexity index is 625. The molecule has 0 saturated heterocycles. The molecule has 1 atom stereocenters. The Morgan fingerprint density at radius 1 is 1.14 bits per heavy atom. The van der Waals surface area contributed by atoms with Crippen molar-refractivity contribution in [2.75, 3.05) is 5.32 Å². The first-order valence-electron chi connectivity index (χ1n) is 7.66. The summed E-state index contributed by atoms with van der Waals surface area (Å²) >= 11 is 1.66. The minimum absolute atomic E-state index is 0.0740. The first-order chi connectivity index (χ1) is 10.6. The zero-order chi connectivity index (χ0) is 15.9. The number of hydrogen-bond donors (Lipinski definition) is 1. The fourth-order valence-corrected chi connectivity index (χ4v) is 3.14. The second-order valence-electron chi connectivity index (χ2n) is 5.39. The minimum Gasteiger partial charge on any atom is -0.325 e. The molecule has 0 aliphatic carbocycles. The van der Waals surface area contributed by atoms with E-state index in [0.717, 1.165) is 23.4 Å². The van der Waals surface area contributed by atoms with Gasteiger partial charge in [0.1, 0.15) is 0 Å². The van der Waals surface area contributed by atoms with Crippen LogP contribution in [0.5, 0.6) is 0 Å². The molecule has 3 heteroatoms. The number of carbonyl (C=O) groups excluding carboxylic acids is 1. The molecule has 1 amide bonds. The standard InChI is InChI=1S/C19H23NOS/c1-4-17-12-8-9-14(2)18(17)20-19(21)15(3)22-13-16-10-6-5-7-11-16/h5-12,15H,4,13H2,1-3H3,(H,20,21). The van der Waals surface area contributed by atoms with Crippen LogP contribution < -0.4 is 5.32 Å². The van der Waals surface area contributed by atoms with E-state index in [1.165, 1.54) is 11.1 Å². The Balaban J connectivity index is 1.97. The van der Waals surface area contributed by atoms with Crippen LogP contribution in [0, 0.1) is 6.92 Å². The summed E-state index contributed by atoms with van der Waals surface area (Å²) in [7, 11) is 0. The number of hydrogen-bond acceptors (Lipinski definition) is 2. The highest BCUT2D eigenvalue weighted by molar-refractivity contribution is 7.99. The molecular formula is C19H23NOS. The third kappa shape index (κ3) is 4.38. The van der Waals surface area contributed by atoms with Crippen LogP contribution in [-0.2, 0) is 17.0 Å². The van der Waals surface area contributed by atoms with Gasteiger partial charge in [-0.25, -0.2) is 0 Å². The minimum atomic E-state index is -0.0791. The van der Waals surface area contributed by atoms with Gasteiger partial charge in [-0.1, -0.05) is 55.5 Å². The van der Waals surface area contributed by atoms with Crippen LogP contribution in [0.4, 0.5) is 5.69 Å². The van der Waals surface area contributed by atoms with E-state index in [1.54, 1.807) is 11.8 Å². The largest absolute Gasteiger partial charge is 0.325 e. The average molecular weight is 313 g/mol. The number of aryl methyl sites for hydroxylation is 2. The lowest BCUT2D eigenvalue weighted by molar-refractivity contribution is -0.115. The van der Waals surface area contributed by atoms with Crippen molar-refractivity contribution in [3.63, 3.8) is 0 Å². The van der Waals surface area contributed by atoms with Crippen LogP contribution in [0.15, 0.2) is 48.5 Å². The van der Waals surface area contributed by atoms with Crippen molar-refractivity contribution < 1.29 is 4.79 Å². The maximum Gasteiger partial charge on any atom is 0.237 e. The predicted molar refractivity (Wildman–Crippen MR) is 96.4 cm³/mol. The maximum absolute atomic E-state index is 12.4. The second kappa shape index (κ2) is 8.04. The lowest BCUT2D eigenvalue weighted by Crippen LogP contribution is -2.23. The number of thioether (sulfide) groups is 1. The summed E-state index contributed by atoms with van der Waals surface area (Å²) in [5.74, 6) is 0.925. The van der Waals surface area contributed by atoms with E-state index in [2.05, 4.69) is 30.4 Å². The van der Waals surface area contributed by atoms with Crippen LogP contribution in [0.25, 0.3) is 0 Å². The van der Waals surface area contributed by atoms with Crippen LogP contribution in [0.3, 0.4) is 0 Å². The van der Waals surface area contributed by atoms with Gasteiger partial charge in [0, 0.05) is 11.4 Å². The van der Waals surface area contributed by atoms with Crippen LogP contribution in [-0.4, -0.2) is 11.2 Å². The number of benzene rings is 2. The van der Waals surface area contributed by atoms with Gasteiger partial charge in [-0.3, -0.25) is 4.79 Å². The molecule has 2 rings (SSSR count). The Morgan fingerprint density at radius 3 is 2.55 bits per heavy atom. The van der Waals surface area contributed by atoms with Crippen LogP contribution in [0.2, 0.25) is 0 Å². The van der Waals surface area contributed by atoms with Crippen molar-refractivity contribution in [3.8, 4) is 0 Å². The van der Waals surface area contributed by atoms with Crippen molar-refractivity contribution in [3.05, 3.63) is 65.2 Å². The summed E-state index contributed by atoms with van der Waals surface area (Å²) in [5.41, 5.74) is 4.53. The molecule has 2 aromatic carbocycles. The maximum atomic E-state index is 12.4. The molecule has 2 aromatic rings. The quantitative estimate of drug-likeness (QED) is 0.828. The normalized spacial score (nSPS) is 12.0. The molecule has 0 spiro atoms. The number of nitrogens with one attached hydrogen (secondary N) is 1. The van der Waals surface area contributed by atoms with E-state index in [9.17, 15) is 4.79 Å². The van der Waals surface area contributed by atoms with Gasteiger partial charge in [0.2, 0.25) is 5.91 Å².